The monoisotopic (exact) mass is 431 g/mol. The maximum atomic E-state index is 12.3. The molecule has 0 atom stereocenters. The van der Waals surface area contributed by atoms with Gasteiger partial charge in [-0.15, -0.1) is 11.3 Å². The molecule has 2 amide bonds. The second kappa shape index (κ2) is 9.40. The third-order valence-electron chi connectivity index (χ3n) is 4.65. The molecule has 6 nitrogen and oxygen atoms in total. The summed E-state index contributed by atoms with van der Waals surface area (Å²) in [7, 11) is 1.63. The molecule has 1 aromatic heterocycles. The molecule has 7 heteroatoms. The van der Waals surface area contributed by atoms with Crippen LogP contribution in [0.5, 0.6) is 5.75 Å². The largest absolute Gasteiger partial charge is 0.496 e. The van der Waals surface area contributed by atoms with Crippen LogP contribution in [0.15, 0.2) is 72.8 Å². The Kier molecular flexibility index (Phi) is 6.24. The molecule has 0 saturated heterocycles. The lowest BCUT2D eigenvalue weighted by atomic mass is 10.0. The minimum Gasteiger partial charge on any atom is -0.496 e. The molecular formula is C24H21N3O3S. The molecule has 4 aromatic rings. The summed E-state index contributed by atoms with van der Waals surface area (Å²) in [4.78, 5) is 28.9. The van der Waals surface area contributed by atoms with Crippen molar-refractivity contribution in [3.8, 4) is 16.9 Å². The number of ether oxygens (including phenoxy) is 1. The van der Waals surface area contributed by atoms with E-state index in [1.807, 2.05) is 60.7 Å². The molecule has 0 aliphatic heterocycles. The van der Waals surface area contributed by atoms with E-state index in [-0.39, 0.29) is 24.8 Å². The normalized spacial score (nSPS) is 10.6. The third kappa shape index (κ3) is 5.07. The summed E-state index contributed by atoms with van der Waals surface area (Å²) in [6.07, 6.45) is 0.112. The number of aromatic nitrogens is 1. The standard InChI is InChI=1S/C24H21N3O3S/c1-30-20-13-19-21(12-18(20)16-8-4-2-5-9-16)31-24(27-19)14-22(28)25-15-23(29)26-17-10-6-3-7-11-17/h2-13H,14-15H2,1H3,(H,25,28)(H,26,29). The Morgan fingerprint density at radius 2 is 1.68 bits per heavy atom. The summed E-state index contributed by atoms with van der Waals surface area (Å²) in [5, 5.41) is 6.07. The molecule has 2 N–H and O–H groups in total. The van der Waals surface area contributed by atoms with Crippen molar-refractivity contribution >= 4 is 39.1 Å². The number of nitrogens with one attached hydrogen (secondary N) is 2. The Morgan fingerprint density at radius 1 is 0.968 bits per heavy atom. The van der Waals surface area contributed by atoms with Crippen molar-refractivity contribution < 1.29 is 14.3 Å². The zero-order chi connectivity index (χ0) is 21.6. The molecule has 4 rings (SSSR count). The predicted molar refractivity (Wildman–Crippen MR) is 123 cm³/mol. The Morgan fingerprint density at radius 3 is 2.39 bits per heavy atom. The molecule has 156 valence electrons. The lowest BCUT2D eigenvalue weighted by molar-refractivity contribution is -0.123. The van der Waals surface area contributed by atoms with E-state index < -0.39 is 0 Å². The first-order chi connectivity index (χ1) is 15.1. The average molecular weight is 432 g/mol. The van der Waals surface area contributed by atoms with Gasteiger partial charge in [0.25, 0.3) is 0 Å². The molecule has 0 radical (unpaired) electrons. The van der Waals surface area contributed by atoms with E-state index in [1.165, 1.54) is 11.3 Å². The molecule has 0 bridgehead atoms. The highest BCUT2D eigenvalue weighted by Crippen LogP contribution is 2.36. The van der Waals surface area contributed by atoms with Gasteiger partial charge in [-0.05, 0) is 23.8 Å². The fraction of sp³-hybridized carbons (Fsp3) is 0.125. The number of carbonyl (C=O) groups is 2. The Hall–Kier alpha value is -3.71. The van der Waals surface area contributed by atoms with Crippen LogP contribution in [0.4, 0.5) is 5.69 Å². The van der Waals surface area contributed by atoms with Crippen molar-refractivity contribution in [3.63, 3.8) is 0 Å². The van der Waals surface area contributed by atoms with E-state index in [9.17, 15) is 9.59 Å². The summed E-state index contributed by atoms with van der Waals surface area (Å²) >= 11 is 1.46. The molecule has 1 heterocycles. The van der Waals surface area contributed by atoms with Crippen LogP contribution in [0.2, 0.25) is 0 Å². The van der Waals surface area contributed by atoms with Crippen molar-refractivity contribution in [3.05, 3.63) is 77.8 Å². The molecule has 0 aliphatic rings. The summed E-state index contributed by atoms with van der Waals surface area (Å²) in [5.41, 5.74) is 3.51. The van der Waals surface area contributed by atoms with Crippen LogP contribution in [-0.2, 0) is 16.0 Å². The van der Waals surface area contributed by atoms with E-state index in [2.05, 4.69) is 15.6 Å². The fourth-order valence-electron chi connectivity index (χ4n) is 3.20. The second-order valence-corrected chi connectivity index (χ2v) is 7.98. The number of carbonyl (C=O) groups excluding carboxylic acids is 2. The van der Waals surface area contributed by atoms with E-state index in [0.717, 1.165) is 27.1 Å². The number of hydrogen-bond acceptors (Lipinski definition) is 5. The number of methoxy groups -OCH3 is 1. The van der Waals surface area contributed by atoms with Crippen molar-refractivity contribution in [2.45, 2.75) is 6.42 Å². The van der Waals surface area contributed by atoms with Gasteiger partial charge in [0.15, 0.2) is 0 Å². The molecule has 31 heavy (non-hydrogen) atoms. The number of thiazole rings is 1. The summed E-state index contributed by atoms with van der Waals surface area (Å²) in [6, 6.07) is 23.0. The van der Waals surface area contributed by atoms with Gasteiger partial charge in [0.05, 0.1) is 30.3 Å². The third-order valence-corrected chi connectivity index (χ3v) is 5.67. The minimum atomic E-state index is -0.277. The zero-order valence-electron chi connectivity index (χ0n) is 16.9. The van der Waals surface area contributed by atoms with Gasteiger partial charge in [-0.1, -0.05) is 48.5 Å². The number of para-hydroxylation sites is 1. The van der Waals surface area contributed by atoms with E-state index in [1.54, 1.807) is 19.2 Å². The van der Waals surface area contributed by atoms with Gasteiger partial charge in [0.2, 0.25) is 11.8 Å². The number of hydrogen-bond donors (Lipinski definition) is 2. The smallest absolute Gasteiger partial charge is 0.243 e. The topological polar surface area (TPSA) is 80.3 Å². The summed E-state index contributed by atoms with van der Waals surface area (Å²) < 4.78 is 6.53. The highest BCUT2D eigenvalue weighted by atomic mass is 32.1. The van der Waals surface area contributed by atoms with Crippen molar-refractivity contribution in [2.24, 2.45) is 0 Å². The van der Waals surface area contributed by atoms with Gasteiger partial charge in [-0.2, -0.15) is 0 Å². The van der Waals surface area contributed by atoms with Crippen molar-refractivity contribution in [1.29, 1.82) is 0 Å². The first-order valence-corrected chi connectivity index (χ1v) is 10.6. The van der Waals surface area contributed by atoms with Crippen molar-refractivity contribution in [2.75, 3.05) is 19.0 Å². The fourth-order valence-corrected chi connectivity index (χ4v) is 4.18. The lowest BCUT2D eigenvalue weighted by Gasteiger charge is -2.08. The number of benzene rings is 3. The lowest BCUT2D eigenvalue weighted by Crippen LogP contribution is -2.33. The van der Waals surface area contributed by atoms with Crippen LogP contribution in [0.25, 0.3) is 21.3 Å². The van der Waals surface area contributed by atoms with Crippen LogP contribution in [-0.4, -0.2) is 30.5 Å². The van der Waals surface area contributed by atoms with Gasteiger partial charge >= 0.3 is 0 Å². The molecule has 0 fully saturated rings. The molecule has 0 aliphatic carbocycles. The maximum Gasteiger partial charge on any atom is 0.243 e. The average Bonchev–Trinajstić information content (AvgIpc) is 3.19. The molecule has 3 aromatic carbocycles. The minimum absolute atomic E-state index is 0.0927. The van der Waals surface area contributed by atoms with Crippen LogP contribution >= 0.6 is 11.3 Å². The summed E-state index contributed by atoms with van der Waals surface area (Å²) in [6.45, 7) is -0.0927. The molecule has 0 spiro atoms. The second-order valence-electron chi connectivity index (χ2n) is 6.86. The quantitative estimate of drug-likeness (QED) is 0.458. The number of fused-ring (bicyclic) bond motifs is 1. The highest BCUT2D eigenvalue weighted by Gasteiger charge is 2.14. The van der Waals surface area contributed by atoms with E-state index in [0.29, 0.717) is 10.7 Å². The first-order valence-electron chi connectivity index (χ1n) is 9.77. The van der Waals surface area contributed by atoms with Gasteiger partial charge < -0.3 is 15.4 Å². The zero-order valence-corrected chi connectivity index (χ0v) is 17.7. The van der Waals surface area contributed by atoms with Crippen LogP contribution in [0.1, 0.15) is 5.01 Å². The highest BCUT2D eigenvalue weighted by molar-refractivity contribution is 7.18. The van der Waals surface area contributed by atoms with Crippen LogP contribution in [0.3, 0.4) is 0 Å². The molecule has 0 saturated carbocycles. The first kappa shape index (κ1) is 20.6. The number of nitrogens with zero attached hydrogens (tertiary/aromatic N) is 1. The van der Waals surface area contributed by atoms with E-state index >= 15 is 0 Å². The Balaban J connectivity index is 1.42. The van der Waals surface area contributed by atoms with Gasteiger partial charge in [-0.25, -0.2) is 4.98 Å². The van der Waals surface area contributed by atoms with Gasteiger partial charge in [0, 0.05) is 17.3 Å². The SMILES string of the molecule is COc1cc2nc(CC(=O)NCC(=O)Nc3ccccc3)sc2cc1-c1ccccc1. The molecule has 0 unspecified atom stereocenters. The Bertz CT molecular complexity index is 1210. The van der Waals surface area contributed by atoms with E-state index in [4.69, 9.17) is 4.74 Å². The number of amides is 2. The maximum absolute atomic E-state index is 12.3. The van der Waals surface area contributed by atoms with Crippen LogP contribution in [0, 0.1) is 0 Å². The summed E-state index contributed by atoms with van der Waals surface area (Å²) in [5.74, 6) is 0.205. The number of rotatable bonds is 7. The van der Waals surface area contributed by atoms with Gasteiger partial charge in [0.1, 0.15) is 10.8 Å². The van der Waals surface area contributed by atoms with Crippen molar-refractivity contribution in [1.82, 2.24) is 10.3 Å². The predicted octanol–water partition coefficient (Wildman–Crippen LogP) is 4.27. The number of anilines is 1. The van der Waals surface area contributed by atoms with Gasteiger partial charge in [-0.3, -0.25) is 9.59 Å². The molecular weight excluding hydrogens is 410 g/mol. The van der Waals surface area contributed by atoms with Crippen LogP contribution < -0.4 is 15.4 Å². The Labute approximate surface area is 183 Å².